The molecule has 0 spiro atoms. The molecule has 1 rings (SSSR count). The Morgan fingerprint density at radius 2 is 1.95 bits per heavy atom. The van der Waals surface area contributed by atoms with E-state index < -0.39 is 0 Å². The van der Waals surface area contributed by atoms with Crippen molar-refractivity contribution in [1.82, 2.24) is 4.98 Å². The number of aromatic nitrogens is 1. The molecule has 1 heterocycles. The van der Waals surface area contributed by atoms with Crippen LogP contribution in [-0.4, -0.2) is 45.5 Å². The molecular formula is C13H25N3O2S. The molecule has 0 amide bonds. The molecule has 0 aliphatic carbocycles. The molecule has 0 aliphatic rings. The van der Waals surface area contributed by atoms with E-state index in [2.05, 4.69) is 9.88 Å². The summed E-state index contributed by atoms with van der Waals surface area (Å²) in [5.74, 6) is 0. The lowest BCUT2D eigenvalue weighted by Crippen LogP contribution is -2.28. The summed E-state index contributed by atoms with van der Waals surface area (Å²) in [7, 11) is 3.44. The van der Waals surface area contributed by atoms with E-state index in [4.69, 9.17) is 15.2 Å². The predicted octanol–water partition coefficient (Wildman–Crippen LogP) is 1.96. The third-order valence-electron chi connectivity index (χ3n) is 2.85. The summed E-state index contributed by atoms with van der Waals surface area (Å²) in [5, 5.41) is 1.03. The molecule has 0 fully saturated rings. The van der Waals surface area contributed by atoms with Gasteiger partial charge in [0.2, 0.25) is 0 Å². The highest BCUT2D eigenvalue weighted by atomic mass is 32.1. The number of rotatable bonds is 9. The summed E-state index contributed by atoms with van der Waals surface area (Å²) in [6.07, 6.45) is 0.979. The van der Waals surface area contributed by atoms with Crippen molar-refractivity contribution in [2.45, 2.75) is 26.3 Å². The van der Waals surface area contributed by atoms with Gasteiger partial charge in [-0.25, -0.2) is 4.98 Å². The molecule has 0 bridgehead atoms. The number of aryl methyl sites for hydroxylation is 1. The Morgan fingerprint density at radius 1 is 1.26 bits per heavy atom. The Bertz CT molecular complexity index is 369. The van der Waals surface area contributed by atoms with Crippen LogP contribution in [0, 0.1) is 6.92 Å². The van der Waals surface area contributed by atoms with Gasteiger partial charge in [0.1, 0.15) is 0 Å². The average Bonchev–Trinajstić information content (AvgIpc) is 2.76. The number of thiazole rings is 1. The average molecular weight is 287 g/mol. The minimum absolute atomic E-state index is 0.0366. The summed E-state index contributed by atoms with van der Waals surface area (Å²) < 4.78 is 10.3. The lowest BCUT2D eigenvalue weighted by molar-refractivity contribution is 0.191. The van der Waals surface area contributed by atoms with E-state index in [-0.39, 0.29) is 6.04 Å². The Labute approximate surface area is 119 Å². The monoisotopic (exact) mass is 287 g/mol. The first kappa shape index (κ1) is 16.4. The molecular weight excluding hydrogens is 262 g/mol. The van der Waals surface area contributed by atoms with E-state index in [1.807, 2.05) is 13.8 Å². The van der Waals surface area contributed by atoms with Crippen LogP contribution in [0.5, 0.6) is 0 Å². The molecule has 1 aromatic rings. The van der Waals surface area contributed by atoms with E-state index in [1.54, 1.807) is 25.6 Å². The second kappa shape index (κ2) is 8.47. The van der Waals surface area contributed by atoms with Crippen molar-refractivity contribution in [3.63, 3.8) is 0 Å². The zero-order chi connectivity index (χ0) is 14.3. The predicted molar refractivity (Wildman–Crippen MR) is 80.0 cm³/mol. The van der Waals surface area contributed by atoms with Gasteiger partial charge in [0.25, 0.3) is 0 Å². The molecule has 1 unspecified atom stereocenters. The lowest BCUT2D eigenvalue weighted by atomic mass is 10.2. The molecule has 0 saturated carbocycles. The fourth-order valence-corrected chi connectivity index (χ4v) is 2.93. The number of nitrogens with two attached hydrogens (primary N) is 1. The number of hydrogen-bond donors (Lipinski definition) is 1. The van der Waals surface area contributed by atoms with Crippen LogP contribution < -0.4 is 10.6 Å². The van der Waals surface area contributed by atoms with E-state index >= 15 is 0 Å². The van der Waals surface area contributed by atoms with Gasteiger partial charge in [-0.05, 0) is 20.3 Å². The summed E-state index contributed by atoms with van der Waals surface area (Å²) in [6, 6.07) is 0.0366. The summed E-state index contributed by atoms with van der Waals surface area (Å²) in [5.41, 5.74) is 6.99. The highest BCUT2D eigenvalue weighted by molar-refractivity contribution is 7.15. The van der Waals surface area contributed by atoms with Gasteiger partial charge >= 0.3 is 0 Å². The normalized spacial score (nSPS) is 12.7. The molecule has 0 aromatic carbocycles. The van der Waals surface area contributed by atoms with Crippen molar-refractivity contribution < 1.29 is 9.47 Å². The standard InChI is InChI=1S/C13H25N3O2S/c1-10(14)12-11(2)15-13(19-12)16(7-9-18-4)6-5-8-17-3/h10H,5-9,14H2,1-4H3. The minimum Gasteiger partial charge on any atom is -0.385 e. The van der Waals surface area contributed by atoms with Crippen LogP contribution in [0.1, 0.15) is 30.0 Å². The van der Waals surface area contributed by atoms with Crippen LogP contribution in [0.15, 0.2) is 0 Å². The van der Waals surface area contributed by atoms with Crippen molar-refractivity contribution in [2.24, 2.45) is 5.73 Å². The number of methoxy groups -OCH3 is 2. The first-order valence-corrected chi connectivity index (χ1v) is 7.37. The fourth-order valence-electron chi connectivity index (χ4n) is 1.86. The highest BCUT2D eigenvalue weighted by Crippen LogP contribution is 2.29. The van der Waals surface area contributed by atoms with Crippen LogP contribution in [0.4, 0.5) is 5.13 Å². The van der Waals surface area contributed by atoms with Gasteiger partial charge in [-0.3, -0.25) is 0 Å². The molecule has 0 saturated heterocycles. The maximum absolute atomic E-state index is 5.96. The van der Waals surface area contributed by atoms with Crippen LogP contribution in [-0.2, 0) is 9.47 Å². The van der Waals surface area contributed by atoms with Crippen LogP contribution in [0.2, 0.25) is 0 Å². The third kappa shape index (κ3) is 5.06. The van der Waals surface area contributed by atoms with E-state index in [0.29, 0.717) is 6.61 Å². The Balaban J connectivity index is 2.74. The van der Waals surface area contributed by atoms with Crippen molar-refractivity contribution in [3.05, 3.63) is 10.6 Å². The van der Waals surface area contributed by atoms with Gasteiger partial charge < -0.3 is 20.1 Å². The number of hydrogen-bond acceptors (Lipinski definition) is 6. The number of anilines is 1. The lowest BCUT2D eigenvalue weighted by Gasteiger charge is -2.21. The van der Waals surface area contributed by atoms with Crippen LogP contribution in [0.3, 0.4) is 0 Å². The Hall–Kier alpha value is -0.690. The summed E-state index contributed by atoms with van der Waals surface area (Å²) in [4.78, 5) is 8.03. The Morgan fingerprint density at radius 3 is 2.47 bits per heavy atom. The van der Waals surface area contributed by atoms with Gasteiger partial charge in [-0.15, -0.1) is 11.3 Å². The first-order valence-electron chi connectivity index (χ1n) is 6.55. The van der Waals surface area contributed by atoms with E-state index in [9.17, 15) is 0 Å². The van der Waals surface area contributed by atoms with Crippen molar-refractivity contribution >= 4 is 16.5 Å². The summed E-state index contributed by atoms with van der Waals surface area (Å²) in [6.45, 7) is 7.22. The maximum atomic E-state index is 5.96. The smallest absolute Gasteiger partial charge is 0.185 e. The van der Waals surface area contributed by atoms with Crippen molar-refractivity contribution in [2.75, 3.05) is 45.4 Å². The Kier molecular flexibility index (Phi) is 7.30. The second-order valence-corrected chi connectivity index (χ2v) is 5.57. The molecule has 1 atom stereocenters. The van der Waals surface area contributed by atoms with Gasteiger partial charge in [0.15, 0.2) is 5.13 Å². The fraction of sp³-hybridized carbons (Fsp3) is 0.769. The van der Waals surface area contributed by atoms with E-state index in [1.165, 1.54) is 0 Å². The van der Waals surface area contributed by atoms with Crippen LogP contribution >= 0.6 is 11.3 Å². The first-order chi connectivity index (χ1) is 9.10. The maximum Gasteiger partial charge on any atom is 0.185 e. The quantitative estimate of drug-likeness (QED) is 0.704. The zero-order valence-corrected chi connectivity index (χ0v) is 13.1. The molecule has 0 radical (unpaired) electrons. The van der Waals surface area contributed by atoms with Gasteiger partial charge in [0.05, 0.1) is 12.3 Å². The van der Waals surface area contributed by atoms with Crippen molar-refractivity contribution in [1.29, 1.82) is 0 Å². The molecule has 19 heavy (non-hydrogen) atoms. The second-order valence-electron chi connectivity index (χ2n) is 4.56. The summed E-state index contributed by atoms with van der Waals surface area (Å²) >= 11 is 1.68. The molecule has 110 valence electrons. The minimum atomic E-state index is 0.0366. The molecule has 1 aromatic heterocycles. The molecule has 5 nitrogen and oxygen atoms in total. The number of ether oxygens (including phenoxy) is 2. The number of nitrogens with zero attached hydrogens (tertiary/aromatic N) is 2. The SMILES string of the molecule is COCCCN(CCOC)c1nc(C)c(C(C)N)s1. The largest absolute Gasteiger partial charge is 0.385 e. The van der Waals surface area contributed by atoms with Gasteiger partial charge in [-0.2, -0.15) is 0 Å². The van der Waals surface area contributed by atoms with E-state index in [0.717, 1.165) is 41.8 Å². The zero-order valence-electron chi connectivity index (χ0n) is 12.3. The van der Waals surface area contributed by atoms with Crippen molar-refractivity contribution in [3.8, 4) is 0 Å². The molecule has 0 aliphatic heterocycles. The topological polar surface area (TPSA) is 60.6 Å². The van der Waals surface area contributed by atoms with Crippen LogP contribution in [0.25, 0.3) is 0 Å². The third-order valence-corrected chi connectivity index (χ3v) is 4.27. The van der Waals surface area contributed by atoms with Gasteiger partial charge in [-0.1, -0.05) is 0 Å². The van der Waals surface area contributed by atoms with Gasteiger partial charge in [0, 0.05) is 44.8 Å². The molecule has 6 heteroatoms. The molecule has 2 N–H and O–H groups in total. The highest BCUT2D eigenvalue weighted by Gasteiger charge is 2.15.